The largest absolute Gasteiger partial charge is 0.338 e. The van der Waals surface area contributed by atoms with Crippen LogP contribution in [0.2, 0.25) is 0 Å². The molecule has 1 aromatic heterocycles. The zero-order valence-electron chi connectivity index (χ0n) is 17.1. The first-order valence-electron chi connectivity index (χ1n) is 11.4. The van der Waals surface area contributed by atoms with Gasteiger partial charge >= 0.3 is 6.03 Å². The first-order valence-corrected chi connectivity index (χ1v) is 11.4. The van der Waals surface area contributed by atoms with Gasteiger partial charge in [0.05, 0.1) is 6.04 Å². The van der Waals surface area contributed by atoms with Gasteiger partial charge in [0.25, 0.3) is 0 Å². The maximum Gasteiger partial charge on any atom is 0.315 e. The monoisotopic (exact) mass is 396 g/mol. The summed E-state index contributed by atoms with van der Waals surface area (Å²) in [5, 5.41) is 6.28. The van der Waals surface area contributed by atoms with E-state index in [4.69, 9.17) is 0 Å². The summed E-state index contributed by atoms with van der Waals surface area (Å²) < 4.78 is 0. The molecule has 2 heterocycles. The van der Waals surface area contributed by atoms with Gasteiger partial charge in [-0.2, -0.15) is 0 Å². The molecule has 1 atom stereocenters. The molecule has 156 valence electrons. The van der Waals surface area contributed by atoms with Crippen molar-refractivity contribution in [3.8, 4) is 0 Å². The number of nitrogens with zero attached hydrogens (tertiary/aromatic N) is 2. The Bertz CT molecular complexity index is 730. The molecular weight excluding hydrogens is 364 g/mol. The van der Waals surface area contributed by atoms with Crippen molar-refractivity contribution >= 4 is 11.9 Å². The molecule has 0 spiro atoms. The lowest BCUT2D eigenvalue weighted by molar-refractivity contribution is -0.132. The van der Waals surface area contributed by atoms with Crippen LogP contribution in [-0.2, 0) is 4.79 Å². The number of hydrogen-bond acceptors (Lipinski definition) is 3. The maximum absolute atomic E-state index is 12.8. The van der Waals surface area contributed by atoms with E-state index in [9.17, 15) is 9.59 Å². The highest BCUT2D eigenvalue weighted by Crippen LogP contribution is 2.55. The van der Waals surface area contributed by atoms with Crippen LogP contribution in [0.5, 0.6) is 0 Å². The van der Waals surface area contributed by atoms with E-state index in [2.05, 4.69) is 15.6 Å². The number of carbonyl (C=O) groups excluding carboxylic acids is 2. The van der Waals surface area contributed by atoms with Gasteiger partial charge in [-0.3, -0.25) is 9.78 Å². The molecule has 3 amide bonds. The van der Waals surface area contributed by atoms with E-state index in [1.807, 2.05) is 23.2 Å². The van der Waals surface area contributed by atoms with E-state index in [1.54, 1.807) is 6.20 Å². The van der Waals surface area contributed by atoms with Gasteiger partial charge in [-0.15, -0.1) is 0 Å². The summed E-state index contributed by atoms with van der Waals surface area (Å²) in [7, 11) is 0. The number of carbonyl (C=O) groups is 2. The third kappa shape index (κ3) is 3.86. The standard InChI is InChI=1S/C23H32N4O2/c28-21(27-8-2-4-20(27)19-3-1-6-24-15-19)5-7-25-22(29)26-23-12-16-9-17(13-23)11-18(10-16)14-23/h1,3,6,15-18,20H,2,4-5,7-14H2,(H2,25,26,29)/t16?,17?,18?,20-,23?/m1/s1. The fourth-order valence-corrected chi connectivity index (χ4v) is 6.96. The molecule has 0 radical (unpaired) electrons. The van der Waals surface area contributed by atoms with E-state index in [0.717, 1.165) is 62.0 Å². The highest BCUT2D eigenvalue weighted by atomic mass is 16.2. The number of hydrogen-bond donors (Lipinski definition) is 2. The fraction of sp³-hybridized carbons (Fsp3) is 0.696. The summed E-state index contributed by atoms with van der Waals surface area (Å²) in [4.78, 5) is 31.5. The average molecular weight is 397 g/mol. The van der Waals surface area contributed by atoms with Crippen LogP contribution in [0.4, 0.5) is 4.79 Å². The predicted molar refractivity (Wildman–Crippen MR) is 110 cm³/mol. The van der Waals surface area contributed by atoms with Crippen molar-refractivity contribution in [3.05, 3.63) is 30.1 Å². The van der Waals surface area contributed by atoms with Gasteiger partial charge in [-0.25, -0.2) is 4.79 Å². The first-order chi connectivity index (χ1) is 14.1. The molecule has 0 unspecified atom stereocenters. The van der Waals surface area contributed by atoms with Gasteiger partial charge in [-0.1, -0.05) is 6.07 Å². The first kappa shape index (κ1) is 18.9. The van der Waals surface area contributed by atoms with Crippen LogP contribution in [0, 0.1) is 17.8 Å². The summed E-state index contributed by atoms with van der Waals surface area (Å²) in [6.07, 6.45) is 13.5. The smallest absolute Gasteiger partial charge is 0.315 e. The van der Waals surface area contributed by atoms with Crippen molar-refractivity contribution in [2.24, 2.45) is 17.8 Å². The van der Waals surface area contributed by atoms with E-state index < -0.39 is 0 Å². The van der Waals surface area contributed by atoms with Gasteiger partial charge < -0.3 is 15.5 Å². The van der Waals surface area contributed by atoms with Crippen molar-refractivity contribution < 1.29 is 9.59 Å². The Morgan fingerprint density at radius 3 is 2.52 bits per heavy atom. The van der Waals surface area contributed by atoms with Gasteiger partial charge in [0, 0.05) is 37.4 Å². The van der Waals surface area contributed by atoms with Crippen molar-refractivity contribution in [3.63, 3.8) is 0 Å². The van der Waals surface area contributed by atoms with Crippen LogP contribution in [0.3, 0.4) is 0 Å². The minimum absolute atomic E-state index is 0.0171. The summed E-state index contributed by atoms with van der Waals surface area (Å²) in [6.45, 7) is 1.19. The topological polar surface area (TPSA) is 74.3 Å². The molecular formula is C23H32N4O2. The number of likely N-dealkylation sites (tertiary alicyclic amines) is 1. The summed E-state index contributed by atoms with van der Waals surface area (Å²) >= 11 is 0. The number of rotatable bonds is 5. The SMILES string of the molecule is O=C(NCCC(=O)N1CCC[C@@H]1c1cccnc1)NC12CC3CC(CC(C3)C1)C2. The van der Waals surface area contributed by atoms with Gasteiger partial charge in [-0.05, 0) is 80.8 Å². The zero-order chi connectivity index (χ0) is 19.8. The van der Waals surface area contributed by atoms with Gasteiger partial charge in [0.1, 0.15) is 0 Å². The lowest BCUT2D eigenvalue weighted by atomic mass is 9.53. The lowest BCUT2D eigenvalue weighted by Gasteiger charge is -2.56. The minimum atomic E-state index is -0.0926. The summed E-state index contributed by atoms with van der Waals surface area (Å²) in [5.74, 6) is 2.54. The molecule has 4 saturated carbocycles. The van der Waals surface area contributed by atoms with Crippen molar-refractivity contribution in [1.29, 1.82) is 0 Å². The fourth-order valence-electron chi connectivity index (χ4n) is 6.96. The molecule has 0 aromatic carbocycles. The Morgan fingerprint density at radius 1 is 1.14 bits per heavy atom. The van der Waals surface area contributed by atoms with E-state index in [-0.39, 0.29) is 23.5 Å². The minimum Gasteiger partial charge on any atom is -0.338 e. The van der Waals surface area contributed by atoms with Gasteiger partial charge in [0.2, 0.25) is 5.91 Å². The average Bonchev–Trinajstić information content (AvgIpc) is 3.17. The van der Waals surface area contributed by atoms with Crippen LogP contribution < -0.4 is 10.6 Å². The Hall–Kier alpha value is -2.11. The number of urea groups is 1. The predicted octanol–water partition coefficient (Wildman–Crippen LogP) is 3.40. The zero-order valence-corrected chi connectivity index (χ0v) is 17.1. The molecule has 4 bridgehead atoms. The molecule has 6 rings (SSSR count). The second-order valence-corrected chi connectivity index (χ2v) is 9.86. The highest BCUT2D eigenvalue weighted by Gasteiger charge is 2.51. The van der Waals surface area contributed by atoms with Crippen molar-refractivity contribution in [2.45, 2.75) is 69.4 Å². The molecule has 4 aliphatic carbocycles. The second kappa shape index (κ2) is 7.62. The summed E-state index contributed by atoms with van der Waals surface area (Å²) in [6, 6.07) is 4.00. The number of aromatic nitrogens is 1. The normalized spacial score (nSPS) is 35.0. The Labute approximate surface area is 172 Å². The third-order valence-corrected chi connectivity index (χ3v) is 7.68. The van der Waals surface area contributed by atoms with Crippen LogP contribution >= 0.6 is 0 Å². The molecule has 5 fully saturated rings. The molecule has 2 N–H and O–H groups in total. The molecule has 6 heteroatoms. The maximum atomic E-state index is 12.8. The van der Waals surface area contributed by atoms with Crippen molar-refractivity contribution in [1.82, 2.24) is 20.5 Å². The molecule has 5 aliphatic rings. The van der Waals surface area contributed by atoms with E-state index in [1.165, 1.54) is 19.3 Å². The molecule has 1 aliphatic heterocycles. The molecule has 1 saturated heterocycles. The lowest BCUT2D eigenvalue weighted by Crippen LogP contribution is -2.61. The van der Waals surface area contributed by atoms with E-state index >= 15 is 0 Å². The van der Waals surface area contributed by atoms with Gasteiger partial charge in [0.15, 0.2) is 0 Å². The van der Waals surface area contributed by atoms with Crippen LogP contribution in [0.25, 0.3) is 0 Å². The number of amides is 3. The van der Waals surface area contributed by atoms with E-state index in [0.29, 0.717) is 13.0 Å². The quantitative estimate of drug-likeness (QED) is 0.801. The van der Waals surface area contributed by atoms with Crippen LogP contribution in [0.1, 0.15) is 69.4 Å². The summed E-state index contributed by atoms with van der Waals surface area (Å²) in [5.41, 5.74) is 1.12. The molecule has 1 aromatic rings. The van der Waals surface area contributed by atoms with Crippen molar-refractivity contribution in [2.75, 3.05) is 13.1 Å². The van der Waals surface area contributed by atoms with Crippen LogP contribution in [0.15, 0.2) is 24.5 Å². The Morgan fingerprint density at radius 2 is 1.86 bits per heavy atom. The molecule has 29 heavy (non-hydrogen) atoms. The highest BCUT2D eigenvalue weighted by molar-refractivity contribution is 5.79. The molecule has 6 nitrogen and oxygen atoms in total. The Kier molecular flexibility index (Phi) is 4.96. The second-order valence-electron chi connectivity index (χ2n) is 9.86. The Balaban J connectivity index is 1.11. The number of nitrogens with one attached hydrogen (secondary N) is 2. The third-order valence-electron chi connectivity index (χ3n) is 7.68. The van der Waals surface area contributed by atoms with Crippen LogP contribution in [-0.4, -0.2) is 40.5 Å². The number of pyridine rings is 1.